The van der Waals surface area contributed by atoms with Gasteiger partial charge in [0.05, 0.1) is 14.2 Å². The van der Waals surface area contributed by atoms with E-state index in [4.69, 9.17) is 15.2 Å². The van der Waals surface area contributed by atoms with E-state index in [9.17, 15) is 0 Å². The van der Waals surface area contributed by atoms with Crippen molar-refractivity contribution in [2.24, 2.45) is 5.73 Å². The first-order valence-corrected chi connectivity index (χ1v) is 5.24. The normalized spacial score (nSPS) is 10.8. The third-order valence-electron chi connectivity index (χ3n) is 2.50. The van der Waals surface area contributed by atoms with Crippen molar-refractivity contribution >= 4 is 6.08 Å². The van der Waals surface area contributed by atoms with Gasteiger partial charge in [-0.2, -0.15) is 0 Å². The molecule has 1 rings (SSSR count). The standard InChI is InChI=1S/C13H19NO2/c1-9-8-10(2)12(15-3)13(16-4)11(9)6-5-7-14/h5-6,8H,7,14H2,1-4H3/b6-5+. The van der Waals surface area contributed by atoms with Gasteiger partial charge in [0.2, 0.25) is 0 Å². The van der Waals surface area contributed by atoms with Crippen molar-refractivity contribution in [2.45, 2.75) is 13.8 Å². The Morgan fingerprint density at radius 1 is 1.12 bits per heavy atom. The number of aryl methyl sites for hydroxylation is 2. The van der Waals surface area contributed by atoms with E-state index in [0.717, 1.165) is 28.2 Å². The summed E-state index contributed by atoms with van der Waals surface area (Å²) in [5.41, 5.74) is 8.71. The Morgan fingerprint density at radius 2 is 1.75 bits per heavy atom. The smallest absolute Gasteiger partial charge is 0.168 e. The van der Waals surface area contributed by atoms with Gasteiger partial charge in [-0.15, -0.1) is 0 Å². The predicted molar refractivity (Wildman–Crippen MR) is 67.1 cm³/mol. The second kappa shape index (κ2) is 5.56. The summed E-state index contributed by atoms with van der Waals surface area (Å²) in [5, 5.41) is 0. The number of nitrogens with two attached hydrogens (primary N) is 1. The first-order chi connectivity index (χ1) is 7.65. The van der Waals surface area contributed by atoms with Crippen LogP contribution in [0.1, 0.15) is 16.7 Å². The highest BCUT2D eigenvalue weighted by atomic mass is 16.5. The zero-order valence-corrected chi connectivity index (χ0v) is 10.3. The van der Waals surface area contributed by atoms with E-state index < -0.39 is 0 Å². The molecule has 0 atom stereocenters. The minimum Gasteiger partial charge on any atom is -0.493 e. The van der Waals surface area contributed by atoms with Crippen molar-refractivity contribution in [3.8, 4) is 11.5 Å². The van der Waals surface area contributed by atoms with Crippen LogP contribution >= 0.6 is 0 Å². The Morgan fingerprint density at radius 3 is 2.25 bits per heavy atom. The highest BCUT2D eigenvalue weighted by Gasteiger charge is 2.13. The fraction of sp³-hybridized carbons (Fsp3) is 0.385. The van der Waals surface area contributed by atoms with E-state index in [1.54, 1.807) is 14.2 Å². The van der Waals surface area contributed by atoms with Crippen LogP contribution < -0.4 is 15.2 Å². The molecule has 0 aliphatic carbocycles. The van der Waals surface area contributed by atoms with Crippen LogP contribution in [-0.2, 0) is 0 Å². The molecule has 0 saturated carbocycles. The van der Waals surface area contributed by atoms with Gasteiger partial charge in [-0.3, -0.25) is 0 Å². The SMILES string of the molecule is COc1c(C)cc(C)c(/C=C/CN)c1OC. The first-order valence-electron chi connectivity index (χ1n) is 5.24. The molecule has 0 bridgehead atoms. The molecular formula is C13H19NO2. The van der Waals surface area contributed by atoms with Crippen LogP contribution in [0.5, 0.6) is 11.5 Å². The Balaban J connectivity index is 3.39. The Kier molecular flexibility index (Phi) is 4.38. The van der Waals surface area contributed by atoms with Crippen LogP contribution in [-0.4, -0.2) is 20.8 Å². The van der Waals surface area contributed by atoms with E-state index in [1.165, 1.54) is 0 Å². The van der Waals surface area contributed by atoms with Crippen LogP contribution in [0, 0.1) is 13.8 Å². The van der Waals surface area contributed by atoms with Gasteiger partial charge in [0, 0.05) is 12.1 Å². The molecule has 88 valence electrons. The van der Waals surface area contributed by atoms with Gasteiger partial charge in [0.1, 0.15) is 0 Å². The lowest BCUT2D eigenvalue weighted by molar-refractivity contribution is 0.352. The quantitative estimate of drug-likeness (QED) is 0.848. The fourth-order valence-electron chi connectivity index (χ4n) is 1.80. The third kappa shape index (κ3) is 2.36. The lowest BCUT2D eigenvalue weighted by Gasteiger charge is -2.15. The molecule has 0 saturated heterocycles. The molecular weight excluding hydrogens is 202 g/mol. The van der Waals surface area contributed by atoms with Gasteiger partial charge in [0.15, 0.2) is 11.5 Å². The summed E-state index contributed by atoms with van der Waals surface area (Å²) in [6, 6.07) is 2.08. The van der Waals surface area contributed by atoms with Gasteiger partial charge in [-0.05, 0) is 25.0 Å². The fourth-order valence-corrected chi connectivity index (χ4v) is 1.80. The zero-order chi connectivity index (χ0) is 12.1. The molecule has 3 heteroatoms. The van der Waals surface area contributed by atoms with Crippen LogP contribution in [0.2, 0.25) is 0 Å². The number of rotatable bonds is 4. The lowest BCUT2D eigenvalue weighted by Crippen LogP contribution is -1.99. The summed E-state index contributed by atoms with van der Waals surface area (Å²) >= 11 is 0. The maximum absolute atomic E-state index is 5.46. The summed E-state index contributed by atoms with van der Waals surface area (Å²) in [7, 11) is 3.30. The lowest BCUT2D eigenvalue weighted by atomic mass is 10.0. The molecule has 0 aromatic heterocycles. The van der Waals surface area contributed by atoms with E-state index in [1.807, 2.05) is 26.0 Å². The molecule has 0 aliphatic rings. The average molecular weight is 221 g/mol. The summed E-state index contributed by atoms with van der Waals surface area (Å²) in [6.45, 7) is 4.56. The van der Waals surface area contributed by atoms with Gasteiger partial charge in [-0.1, -0.05) is 18.2 Å². The zero-order valence-electron chi connectivity index (χ0n) is 10.3. The first kappa shape index (κ1) is 12.6. The van der Waals surface area contributed by atoms with Gasteiger partial charge in [-0.25, -0.2) is 0 Å². The molecule has 0 unspecified atom stereocenters. The van der Waals surface area contributed by atoms with Crippen molar-refractivity contribution < 1.29 is 9.47 Å². The molecule has 0 spiro atoms. The minimum atomic E-state index is 0.513. The van der Waals surface area contributed by atoms with Gasteiger partial charge >= 0.3 is 0 Å². The molecule has 0 aliphatic heterocycles. The molecule has 1 aromatic carbocycles. The van der Waals surface area contributed by atoms with Crippen LogP contribution in [0.15, 0.2) is 12.1 Å². The third-order valence-corrected chi connectivity index (χ3v) is 2.50. The van der Waals surface area contributed by atoms with Crippen molar-refractivity contribution in [2.75, 3.05) is 20.8 Å². The average Bonchev–Trinajstić information content (AvgIpc) is 2.27. The molecule has 0 heterocycles. The van der Waals surface area contributed by atoms with Crippen molar-refractivity contribution in [3.05, 3.63) is 28.8 Å². The molecule has 0 amide bonds. The second-order valence-corrected chi connectivity index (χ2v) is 3.63. The maximum Gasteiger partial charge on any atom is 0.168 e. The van der Waals surface area contributed by atoms with Crippen molar-refractivity contribution in [1.82, 2.24) is 0 Å². The highest BCUT2D eigenvalue weighted by molar-refractivity contribution is 5.67. The van der Waals surface area contributed by atoms with E-state index in [2.05, 4.69) is 6.07 Å². The monoisotopic (exact) mass is 221 g/mol. The van der Waals surface area contributed by atoms with Gasteiger partial charge in [0.25, 0.3) is 0 Å². The topological polar surface area (TPSA) is 44.5 Å². The summed E-state index contributed by atoms with van der Waals surface area (Å²) in [6.07, 6.45) is 3.87. The van der Waals surface area contributed by atoms with E-state index in [0.29, 0.717) is 6.54 Å². The Hall–Kier alpha value is -1.48. The number of hydrogen-bond donors (Lipinski definition) is 1. The Bertz CT molecular complexity index is 397. The molecule has 0 fully saturated rings. The Labute approximate surface area is 96.9 Å². The highest BCUT2D eigenvalue weighted by Crippen LogP contribution is 2.37. The number of benzene rings is 1. The molecule has 1 aromatic rings. The maximum atomic E-state index is 5.46. The number of ether oxygens (including phenoxy) is 2. The number of methoxy groups -OCH3 is 2. The largest absolute Gasteiger partial charge is 0.493 e. The molecule has 16 heavy (non-hydrogen) atoms. The summed E-state index contributed by atoms with van der Waals surface area (Å²) in [5.74, 6) is 1.55. The van der Waals surface area contributed by atoms with Crippen LogP contribution in [0.25, 0.3) is 6.08 Å². The summed E-state index contributed by atoms with van der Waals surface area (Å²) in [4.78, 5) is 0. The molecule has 2 N–H and O–H groups in total. The van der Waals surface area contributed by atoms with Crippen LogP contribution in [0.4, 0.5) is 0 Å². The van der Waals surface area contributed by atoms with E-state index >= 15 is 0 Å². The van der Waals surface area contributed by atoms with Crippen LogP contribution in [0.3, 0.4) is 0 Å². The van der Waals surface area contributed by atoms with Gasteiger partial charge < -0.3 is 15.2 Å². The number of hydrogen-bond acceptors (Lipinski definition) is 3. The van der Waals surface area contributed by atoms with Crippen molar-refractivity contribution in [1.29, 1.82) is 0 Å². The second-order valence-electron chi connectivity index (χ2n) is 3.63. The summed E-state index contributed by atoms with van der Waals surface area (Å²) < 4.78 is 10.8. The van der Waals surface area contributed by atoms with E-state index in [-0.39, 0.29) is 0 Å². The molecule has 0 radical (unpaired) electrons. The molecule has 3 nitrogen and oxygen atoms in total. The predicted octanol–water partition coefficient (Wildman–Crippen LogP) is 2.29. The van der Waals surface area contributed by atoms with Crippen molar-refractivity contribution in [3.63, 3.8) is 0 Å². The minimum absolute atomic E-state index is 0.513.